The minimum Gasteiger partial charge on any atom is -0.480 e. The molecular formula is C8H15N3O. The van der Waals surface area contributed by atoms with Crippen LogP contribution in [-0.2, 0) is 13.5 Å². The van der Waals surface area contributed by atoms with Crippen molar-refractivity contribution in [1.29, 1.82) is 0 Å². The van der Waals surface area contributed by atoms with E-state index in [0.717, 1.165) is 24.4 Å². The van der Waals surface area contributed by atoms with Gasteiger partial charge in [0.1, 0.15) is 0 Å². The molecule has 1 rings (SSSR count). The number of nitrogens with zero attached hydrogens (tertiary/aromatic N) is 2. The lowest BCUT2D eigenvalue weighted by Gasteiger charge is -1.98. The fourth-order valence-electron chi connectivity index (χ4n) is 1.12. The second-order valence-electron chi connectivity index (χ2n) is 2.69. The Bertz CT molecular complexity index is 244. The lowest BCUT2D eigenvalue weighted by atomic mass is 10.2. The third-order valence-corrected chi connectivity index (χ3v) is 1.70. The van der Waals surface area contributed by atoms with Crippen molar-refractivity contribution in [1.82, 2.24) is 15.1 Å². The van der Waals surface area contributed by atoms with Crippen LogP contribution in [0.25, 0.3) is 0 Å². The summed E-state index contributed by atoms with van der Waals surface area (Å²) >= 11 is 0. The van der Waals surface area contributed by atoms with Gasteiger partial charge in [-0.3, -0.25) is 4.68 Å². The number of aryl methyl sites for hydroxylation is 1. The minimum absolute atomic E-state index is 0.729. The van der Waals surface area contributed by atoms with Crippen molar-refractivity contribution in [3.63, 3.8) is 0 Å². The first-order chi connectivity index (χ1) is 5.77. The molecule has 1 N–H and O–H groups in total. The first kappa shape index (κ1) is 9.06. The predicted molar refractivity (Wildman–Crippen MR) is 47.4 cm³/mol. The molecule has 0 amide bonds. The quantitative estimate of drug-likeness (QED) is 0.699. The number of aromatic nitrogens is 2. The molecule has 4 nitrogen and oxygen atoms in total. The molecule has 1 aromatic rings. The van der Waals surface area contributed by atoms with Crippen LogP contribution in [0.3, 0.4) is 0 Å². The SMILES string of the molecule is CNCCc1cn(C)nc1OC. The Labute approximate surface area is 72.5 Å². The molecule has 0 atom stereocenters. The van der Waals surface area contributed by atoms with Crippen LogP contribution in [0.1, 0.15) is 5.56 Å². The first-order valence-electron chi connectivity index (χ1n) is 3.99. The van der Waals surface area contributed by atoms with Crippen LogP contribution in [-0.4, -0.2) is 30.5 Å². The largest absolute Gasteiger partial charge is 0.480 e. The smallest absolute Gasteiger partial charge is 0.235 e. The molecule has 4 heteroatoms. The molecule has 0 spiro atoms. The van der Waals surface area contributed by atoms with Crippen molar-refractivity contribution in [3.05, 3.63) is 11.8 Å². The molecule has 0 unspecified atom stereocenters. The molecule has 0 aliphatic rings. The summed E-state index contributed by atoms with van der Waals surface area (Å²) in [5.74, 6) is 0.729. The van der Waals surface area contributed by atoms with Crippen LogP contribution in [0.4, 0.5) is 0 Å². The molecule has 12 heavy (non-hydrogen) atoms. The number of methoxy groups -OCH3 is 1. The van der Waals surface area contributed by atoms with Gasteiger partial charge in [-0.15, -0.1) is 5.10 Å². The monoisotopic (exact) mass is 169 g/mol. The third-order valence-electron chi connectivity index (χ3n) is 1.70. The van der Waals surface area contributed by atoms with Crippen LogP contribution in [0.2, 0.25) is 0 Å². The summed E-state index contributed by atoms with van der Waals surface area (Å²) in [6, 6.07) is 0. The maximum atomic E-state index is 5.10. The standard InChI is InChI=1S/C8H15N3O/c1-9-5-4-7-6-11(2)10-8(7)12-3/h6,9H,4-5H2,1-3H3. The van der Waals surface area contributed by atoms with E-state index in [-0.39, 0.29) is 0 Å². The van der Waals surface area contributed by atoms with Crippen LogP contribution in [0.5, 0.6) is 5.88 Å². The summed E-state index contributed by atoms with van der Waals surface area (Å²) < 4.78 is 6.87. The van der Waals surface area contributed by atoms with Crippen molar-refractivity contribution in [3.8, 4) is 5.88 Å². The predicted octanol–water partition coefficient (Wildman–Crippen LogP) is 0.191. The van der Waals surface area contributed by atoms with Crippen molar-refractivity contribution in [2.24, 2.45) is 7.05 Å². The molecule has 0 aromatic carbocycles. The van der Waals surface area contributed by atoms with E-state index in [2.05, 4.69) is 10.4 Å². The van der Waals surface area contributed by atoms with Crippen molar-refractivity contribution in [2.75, 3.05) is 20.7 Å². The van der Waals surface area contributed by atoms with Gasteiger partial charge in [0, 0.05) is 18.8 Å². The van der Waals surface area contributed by atoms with Crippen LogP contribution in [0, 0.1) is 0 Å². The summed E-state index contributed by atoms with van der Waals surface area (Å²) in [7, 11) is 5.47. The van der Waals surface area contributed by atoms with Gasteiger partial charge >= 0.3 is 0 Å². The maximum Gasteiger partial charge on any atom is 0.235 e. The van der Waals surface area contributed by atoms with E-state index < -0.39 is 0 Å². The molecule has 0 saturated heterocycles. The van der Waals surface area contributed by atoms with E-state index >= 15 is 0 Å². The molecule has 1 aromatic heterocycles. The Morgan fingerprint density at radius 2 is 2.42 bits per heavy atom. The van der Waals surface area contributed by atoms with Gasteiger partial charge in [-0.25, -0.2) is 0 Å². The highest BCUT2D eigenvalue weighted by Gasteiger charge is 2.05. The average molecular weight is 169 g/mol. The first-order valence-corrected chi connectivity index (χ1v) is 3.99. The Hall–Kier alpha value is -1.03. The van der Waals surface area contributed by atoms with E-state index in [1.165, 1.54) is 0 Å². The second kappa shape index (κ2) is 4.11. The zero-order chi connectivity index (χ0) is 8.97. The molecule has 1 heterocycles. The molecule has 0 aliphatic carbocycles. The summed E-state index contributed by atoms with van der Waals surface area (Å²) in [6.45, 7) is 0.946. The van der Waals surface area contributed by atoms with Crippen molar-refractivity contribution in [2.45, 2.75) is 6.42 Å². The van der Waals surface area contributed by atoms with Gasteiger partial charge < -0.3 is 10.1 Å². The molecular weight excluding hydrogens is 154 g/mol. The van der Waals surface area contributed by atoms with Gasteiger partial charge in [0.2, 0.25) is 5.88 Å². The highest BCUT2D eigenvalue weighted by Crippen LogP contribution is 2.14. The van der Waals surface area contributed by atoms with Gasteiger partial charge in [-0.1, -0.05) is 0 Å². The maximum absolute atomic E-state index is 5.10. The number of nitrogens with one attached hydrogen (secondary N) is 1. The van der Waals surface area contributed by atoms with E-state index in [1.807, 2.05) is 20.3 Å². The summed E-state index contributed by atoms with van der Waals surface area (Å²) in [6.07, 6.45) is 2.93. The van der Waals surface area contributed by atoms with E-state index in [9.17, 15) is 0 Å². The second-order valence-corrected chi connectivity index (χ2v) is 2.69. The lowest BCUT2D eigenvalue weighted by molar-refractivity contribution is 0.387. The highest BCUT2D eigenvalue weighted by atomic mass is 16.5. The van der Waals surface area contributed by atoms with Crippen LogP contribution < -0.4 is 10.1 Å². The van der Waals surface area contributed by atoms with Gasteiger partial charge in [-0.05, 0) is 20.0 Å². The summed E-state index contributed by atoms with van der Waals surface area (Å²) in [5.41, 5.74) is 1.15. The van der Waals surface area contributed by atoms with Gasteiger partial charge in [-0.2, -0.15) is 0 Å². The Morgan fingerprint density at radius 3 is 3.00 bits per heavy atom. The van der Waals surface area contributed by atoms with E-state index in [4.69, 9.17) is 4.74 Å². The molecule has 0 bridgehead atoms. The number of hydrogen-bond acceptors (Lipinski definition) is 3. The average Bonchev–Trinajstić information content (AvgIpc) is 2.42. The highest BCUT2D eigenvalue weighted by molar-refractivity contribution is 5.23. The fourth-order valence-corrected chi connectivity index (χ4v) is 1.12. The molecule has 0 fully saturated rings. The van der Waals surface area contributed by atoms with Gasteiger partial charge in [0.05, 0.1) is 7.11 Å². The Balaban J connectivity index is 2.68. The molecule has 0 aliphatic heterocycles. The number of likely N-dealkylation sites (N-methyl/N-ethyl adjacent to an activating group) is 1. The molecule has 68 valence electrons. The van der Waals surface area contributed by atoms with E-state index in [0.29, 0.717) is 0 Å². The number of hydrogen-bond donors (Lipinski definition) is 1. The van der Waals surface area contributed by atoms with Gasteiger partial charge in [0.25, 0.3) is 0 Å². The summed E-state index contributed by atoms with van der Waals surface area (Å²) in [5, 5.41) is 7.23. The molecule has 0 saturated carbocycles. The number of ether oxygens (including phenoxy) is 1. The Kier molecular flexibility index (Phi) is 3.10. The zero-order valence-electron chi connectivity index (χ0n) is 7.79. The third kappa shape index (κ3) is 1.98. The zero-order valence-corrected chi connectivity index (χ0v) is 7.79. The summed E-state index contributed by atoms with van der Waals surface area (Å²) in [4.78, 5) is 0. The minimum atomic E-state index is 0.729. The van der Waals surface area contributed by atoms with Crippen LogP contribution >= 0.6 is 0 Å². The molecule has 0 radical (unpaired) electrons. The van der Waals surface area contributed by atoms with Gasteiger partial charge in [0.15, 0.2) is 0 Å². The lowest BCUT2D eigenvalue weighted by Crippen LogP contribution is -2.10. The van der Waals surface area contributed by atoms with Crippen molar-refractivity contribution >= 4 is 0 Å². The van der Waals surface area contributed by atoms with Crippen LogP contribution in [0.15, 0.2) is 6.20 Å². The van der Waals surface area contributed by atoms with Crippen molar-refractivity contribution < 1.29 is 4.74 Å². The fraction of sp³-hybridized carbons (Fsp3) is 0.625. The number of rotatable bonds is 4. The topological polar surface area (TPSA) is 39.1 Å². The normalized spacial score (nSPS) is 10.2. The van der Waals surface area contributed by atoms with E-state index in [1.54, 1.807) is 11.8 Å². The Morgan fingerprint density at radius 1 is 1.67 bits per heavy atom.